The van der Waals surface area contributed by atoms with Crippen molar-refractivity contribution in [3.05, 3.63) is 76.2 Å². The number of likely N-dealkylation sites (tertiary alicyclic amines) is 1. The van der Waals surface area contributed by atoms with E-state index in [1.54, 1.807) is 17.0 Å². The quantitative estimate of drug-likeness (QED) is 0.350. The Balaban J connectivity index is 1.31. The molecule has 1 aromatic carbocycles. The molecule has 1 saturated heterocycles. The first kappa shape index (κ1) is 29.2. The van der Waals surface area contributed by atoms with E-state index in [9.17, 15) is 27.9 Å². The van der Waals surface area contributed by atoms with Gasteiger partial charge in [0.05, 0.1) is 19.0 Å². The van der Waals surface area contributed by atoms with Crippen LogP contribution in [0.25, 0.3) is 11.4 Å². The SMILES string of the molecule is COC(=O)N1CCC(c2ccc(OCC3=C(c4cccc(-n5ncc(C(=O)O)c5C(F)(F)F)n4)CCC3)c(C)c2)CC1. The second-order valence-electron chi connectivity index (χ2n) is 10.5. The topological polar surface area (TPSA) is 107 Å². The number of amides is 1. The van der Waals surface area contributed by atoms with Gasteiger partial charge in [-0.05, 0) is 85.4 Å². The minimum absolute atomic E-state index is 0.115. The number of carboxylic acid groups (broad SMARTS) is 1. The maximum atomic E-state index is 13.7. The largest absolute Gasteiger partial charge is 0.489 e. The Hall–Kier alpha value is -4.35. The summed E-state index contributed by atoms with van der Waals surface area (Å²) in [6.45, 7) is 3.61. The van der Waals surface area contributed by atoms with Gasteiger partial charge in [-0.2, -0.15) is 18.3 Å². The maximum absolute atomic E-state index is 13.7. The third-order valence-corrected chi connectivity index (χ3v) is 7.86. The first-order chi connectivity index (χ1) is 20.1. The molecule has 5 rings (SSSR count). The van der Waals surface area contributed by atoms with Gasteiger partial charge in [0.25, 0.3) is 0 Å². The van der Waals surface area contributed by atoms with Crippen LogP contribution in [-0.4, -0.2) is 63.6 Å². The molecule has 9 nitrogen and oxygen atoms in total. The lowest BCUT2D eigenvalue weighted by Gasteiger charge is -2.31. The Morgan fingerprint density at radius 3 is 2.55 bits per heavy atom. The monoisotopic (exact) mass is 584 g/mol. The molecular formula is C30H31F3N4O5. The number of allylic oxidation sites excluding steroid dienone is 1. The number of carboxylic acids is 1. The molecule has 0 radical (unpaired) electrons. The number of carbonyl (C=O) groups is 2. The van der Waals surface area contributed by atoms with Crippen LogP contribution in [0.1, 0.15) is 70.9 Å². The number of methoxy groups -OCH3 is 1. The molecule has 0 bridgehead atoms. The van der Waals surface area contributed by atoms with Crippen LogP contribution in [0.4, 0.5) is 18.0 Å². The molecule has 2 aromatic heterocycles. The van der Waals surface area contributed by atoms with Crippen LogP contribution >= 0.6 is 0 Å². The predicted molar refractivity (Wildman–Crippen MR) is 147 cm³/mol. The van der Waals surface area contributed by atoms with Crippen molar-refractivity contribution in [3.8, 4) is 11.6 Å². The molecule has 1 amide bonds. The summed E-state index contributed by atoms with van der Waals surface area (Å²) in [6.07, 6.45) is -0.487. The summed E-state index contributed by atoms with van der Waals surface area (Å²) in [5, 5.41) is 12.9. The number of ether oxygens (including phenoxy) is 2. The van der Waals surface area contributed by atoms with E-state index in [2.05, 4.69) is 22.2 Å². The Labute approximate surface area is 240 Å². The van der Waals surface area contributed by atoms with E-state index in [-0.39, 0.29) is 11.9 Å². The molecule has 0 spiro atoms. The van der Waals surface area contributed by atoms with Crippen molar-refractivity contribution in [2.24, 2.45) is 0 Å². The molecular weight excluding hydrogens is 553 g/mol. The average molecular weight is 585 g/mol. The minimum Gasteiger partial charge on any atom is -0.489 e. The standard InChI is InChI=1S/C30H31F3N4O5/c1-18-15-20(19-11-13-36(14-12-19)29(40)41-2)9-10-25(18)42-17-21-5-3-6-22(21)24-7-4-8-26(35-24)37-27(30(31,32)33)23(16-34-37)28(38)39/h4,7-10,15-16,19H,3,5-6,11-14,17H2,1-2H3,(H,38,39). The van der Waals surface area contributed by atoms with E-state index in [1.165, 1.54) is 18.7 Å². The number of aryl methyl sites for hydroxylation is 1. The molecule has 1 N–H and O–H groups in total. The number of benzene rings is 1. The molecule has 42 heavy (non-hydrogen) atoms. The fourth-order valence-corrected chi connectivity index (χ4v) is 5.71. The van der Waals surface area contributed by atoms with Crippen molar-refractivity contribution in [1.29, 1.82) is 0 Å². The molecule has 0 saturated carbocycles. The maximum Gasteiger partial charge on any atom is 0.434 e. The Morgan fingerprint density at radius 2 is 1.88 bits per heavy atom. The first-order valence-electron chi connectivity index (χ1n) is 13.7. The average Bonchev–Trinajstić information content (AvgIpc) is 3.64. The molecule has 3 heterocycles. The zero-order valence-electron chi connectivity index (χ0n) is 23.3. The number of hydrogen-bond acceptors (Lipinski definition) is 6. The third kappa shape index (κ3) is 5.97. The molecule has 1 aliphatic carbocycles. The van der Waals surface area contributed by atoms with Crippen LogP contribution in [0, 0.1) is 6.92 Å². The zero-order valence-corrected chi connectivity index (χ0v) is 23.3. The van der Waals surface area contributed by atoms with Gasteiger partial charge in [-0.25, -0.2) is 19.3 Å². The van der Waals surface area contributed by atoms with Crippen molar-refractivity contribution in [3.63, 3.8) is 0 Å². The van der Waals surface area contributed by atoms with Crippen LogP contribution in [0.15, 0.2) is 48.2 Å². The van der Waals surface area contributed by atoms with Gasteiger partial charge in [0.1, 0.15) is 17.9 Å². The number of halogens is 3. The van der Waals surface area contributed by atoms with Gasteiger partial charge >= 0.3 is 18.2 Å². The van der Waals surface area contributed by atoms with Crippen LogP contribution in [0.5, 0.6) is 5.75 Å². The van der Waals surface area contributed by atoms with E-state index in [0.29, 0.717) is 48.6 Å². The van der Waals surface area contributed by atoms with E-state index >= 15 is 0 Å². The van der Waals surface area contributed by atoms with E-state index < -0.39 is 23.4 Å². The van der Waals surface area contributed by atoms with Crippen molar-refractivity contribution >= 4 is 17.6 Å². The van der Waals surface area contributed by atoms with Crippen LogP contribution in [-0.2, 0) is 10.9 Å². The molecule has 3 aromatic rings. The Bertz CT molecular complexity index is 1520. The van der Waals surface area contributed by atoms with Gasteiger partial charge in [-0.15, -0.1) is 0 Å². The number of piperidine rings is 1. The number of nitrogens with zero attached hydrogens (tertiary/aromatic N) is 4. The van der Waals surface area contributed by atoms with Gasteiger partial charge in [0, 0.05) is 13.1 Å². The number of hydrogen-bond donors (Lipinski definition) is 1. The Morgan fingerprint density at radius 1 is 1.12 bits per heavy atom. The van der Waals surface area contributed by atoms with Crippen LogP contribution < -0.4 is 4.74 Å². The molecule has 0 unspecified atom stereocenters. The fourth-order valence-electron chi connectivity index (χ4n) is 5.71. The molecule has 1 fully saturated rings. The third-order valence-electron chi connectivity index (χ3n) is 7.86. The summed E-state index contributed by atoms with van der Waals surface area (Å²) in [7, 11) is 1.39. The highest BCUT2D eigenvalue weighted by Gasteiger charge is 2.41. The summed E-state index contributed by atoms with van der Waals surface area (Å²) >= 11 is 0. The number of aromatic carboxylic acids is 1. The van der Waals surface area contributed by atoms with Crippen molar-refractivity contribution in [1.82, 2.24) is 19.7 Å². The first-order valence-corrected chi connectivity index (χ1v) is 13.7. The molecule has 2 aliphatic rings. The number of aromatic nitrogens is 3. The minimum atomic E-state index is -4.93. The molecule has 12 heteroatoms. The zero-order chi connectivity index (χ0) is 30.0. The highest BCUT2D eigenvalue weighted by Crippen LogP contribution is 2.37. The normalized spacial score (nSPS) is 16.2. The summed E-state index contributed by atoms with van der Waals surface area (Å²) in [6, 6.07) is 10.8. The fraction of sp³-hybridized carbons (Fsp3) is 0.400. The van der Waals surface area contributed by atoms with Gasteiger partial charge in [-0.1, -0.05) is 18.2 Å². The summed E-state index contributed by atoms with van der Waals surface area (Å²) in [5.41, 5.74) is 2.32. The lowest BCUT2D eigenvalue weighted by atomic mass is 9.88. The van der Waals surface area contributed by atoms with Crippen LogP contribution in [0.3, 0.4) is 0 Å². The highest BCUT2D eigenvalue weighted by atomic mass is 19.4. The van der Waals surface area contributed by atoms with Crippen molar-refractivity contribution in [2.45, 2.75) is 51.1 Å². The number of pyridine rings is 1. The molecule has 222 valence electrons. The van der Waals surface area contributed by atoms with Crippen LogP contribution in [0.2, 0.25) is 0 Å². The summed E-state index contributed by atoms with van der Waals surface area (Å²) < 4.78 is 52.8. The van der Waals surface area contributed by atoms with E-state index in [0.717, 1.165) is 48.1 Å². The number of carbonyl (C=O) groups excluding carboxylic acids is 1. The van der Waals surface area contributed by atoms with Gasteiger partial charge in [0.15, 0.2) is 11.5 Å². The lowest BCUT2D eigenvalue weighted by molar-refractivity contribution is -0.143. The van der Waals surface area contributed by atoms with E-state index in [4.69, 9.17) is 9.47 Å². The van der Waals surface area contributed by atoms with E-state index in [1.807, 2.05) is 13.0 Å². The number of rotatable bonds is 7. The van der Waals surface area contributed by atoms with Gasteiger partial charge in [-0.3, -0.25) is 0 Å². The van der Waals surface area contributed by atoms with Crippen molar-refractivity contribution < 1.29 is 37.3 Å². The smallest absolute Gasteiger partial charge is 0.434 e. The highest BCUT2D eigenvalue weighted by molar-refractivity contribution is 5.89. The molecule has 1 aliphatic heterocycles. The summed E-state index contributed by atoms with van der Waals surface area (Å²) in [5.74, 6) is -0.732. The Kier molecular flexibility index (Phi) is 8.24. The second kappa shape index (κ2) is 11.9. The van der Waals surface area contributed by atoms with Gasteiger partial charge in [0.2, 0.25) is 0 Å². The molecule has 0 atom stereocenters. The second-order valence-corrected chi connectivity index (χ2v) is 10.5. The predicted octanol–water partition coefficient (Wildman–Crippen LogP) is 6.26. The van der Waals surface area contributed by atoms with Crippen molar-refractivity contribution in [2.75, 3.05) is 26.8 Å². The summed E-state index contributed by atoms with van der Waals surface area (Å²) in [4.78, 5) is 29.3. The number of alkyl halides is 3. The lowest BCUT2D eigenvalue weighted by Crippen LogP contribution is -2.37. The van der Waals surface area contributed by atoms with Gasteiger partial charge < -0.3 is 19.5 Å².